The van der Waals surface area contributed by atoms with Crippen molar-refractivity contribution in [1.82, 2.24) is 5.32 Å². The van der Waals surface area contributed by atoms with E-state index in [4.69, 9.17) is 0 Å². The van der Waals surface area contributed by atoms with E-state index in [1.807, 2.05) is 18.2 Å². The highest BCUT2D eigenvalue weighted by atomic mass is 32.2. The minimum Gasteiger partial charge on any atom is -0.325 e. The summed E-state index contributed by atoms with van der Waals surface area (Å²) in [5.41, 5.74) is 1.64. The van der Waals surface area contributed by atoms with Crippen LogP contribution in [0.2, 0.25) is 0 Å². The average molecular weight is 298 g/mol. The van der Waals surface area contributed by atoms with Crippen LogP contribution in [0.5, 0.6) is 0 Å². The smallest absolute Gasteiger partial charge is 0.242 e. The van der Waals surface area contributed by atoms with Crippen molar-refractivity contribution in [3.05, 3.63) is 29.8 Å². The van der Waals surface area contributed by atoms with Gasteiger partial charge in [0.15, 0.2) is 9.84 Å². The lowest BCUT2D eigenvalue weighted by Crippen LogP contribution is -2.31. The first-order valence-corrected chi connectivity index (χ1v) is 8.47. The number of sulfone groups is 1. The highest BCUT2D eigenvalue weighted by molar-refractivity contribution is 7.92. The van der Waals surface area contributed by atoms with Crippen LogP contribution >= 0.6 is 0 Å². The van der Waals surface area contributed by atoms with E-state index in [-0.39, 0.29) is 0 Å². The van der Waals surface area contributed by atoms with Gasteiger partial charge in [-0.25, -0.2) is 8.42 Å². The summed E-state index contributed by atoms with van der Waals surface area (Å²) in [6.07, 6.45) is 1.06. The average Bonchev–Trinajstić information content (AvgIpc) is 2.34. The Hall–Kier alpha value is -1.40. The number of carbonyl (C=O) groups is 1. The van der Waals surface area contributed by atoms with Crippen LogP contribution in [0.3, 0.4) is 0 Å². The first kappa shape index (κ1) is 16.7. The molecule has 112 valence electrons. The molecule has 5 nitrogen and oxygen atoms in total. The van der Waals surface area contributed by atoms with Crippen LogP contribution < -0.4 is 10.6 Å². The summed E-state index contributed by atoms with van der Waals surface area (Å²) in [6.45, 7) is 6.19. The predicted octanol–water partition coefficient (Wildman–Crippen LogP) is 1.56. The fourth-order valence-corrected chi connectivity index (χ4v) is 1.97. The molecule has 0 spiro atoms. The number of benzene rings is 1. The molecule has 2 N–H and O–H groups in total. The van der Waals surface area contributed by atoms with E-state index in [0.717, 1.165) is 11.8 Å². The molecule has 1 aromatic rings. The zero-order valence-electron chi connectivity index (χ0n) is 12.3. The van der Waals surface area contributed by atoms with Gasteiger partial charge in [0.05, 0.1) is 0 Å². The fraction of sp³-hybridized carbons (Fsp3) is 0.500. The Labute approximate surface area is 120 Å². The van der Waals surface area contributed by atoms with Crippen molar-refractivity contribution in [1.29, 1.82) is 0 Å². The van der Waals surface area contributed by atoms with Gasteiger partial charge in [-0.1, -0.05) is 26.0 Å². The second kappa shape index (κ2) is 6.85. The third-order valence-corrected chi connectivity index (χ3v) is 4.42. The lowest BCUT2D eigenvalue weighted by Gasteiger charge is -2.12. The number of hydrogen-bond donors (Lipinski definition) is 2. The Balaban J connectivity index is 2.73. The number of carbonyl (C=O) groups excluding carboxylic acids is 1. The first-order chi connectivity index (χ1) is 9.20. The molecule has 0 aliphatic rings. The number of anilines is 1. The molecular weight excluding hydrogens is 276 g/mol. The summed E-state index contributed by atoms with van der Waals surface area (Å²) in [5, 5.41) is 4.86. The number of amides is 1. The molecule has 6 heteroatoms. The summed E-state index contributed by atoms with van der Waals surface area (Å²) < 4.78 is 22.7. The molecule has 1 rings (SSSR count). The van der Waals surface area contributed by atoms with Crippen LogP contribution in [-0.4, -0.2) is 31.9 Å². The van der Waals surface area contributed by atoms with Crippen molar-refractivity contribution in [2.24, 2.45) is 0 Å². The molecule has 0 saturated carbocycles. The molecule has 0 saturated heterocycles. The molecule has 0 aromatic heterocycles. The molecule has 0 bridgehead atoms. The first-order valence-electron chi connectivity index (χ1n) is 6.52. The number of hydrogen-bond acceptors (Lipinski definition) is 4. The van der Waals surface area contributed by atoms with E-state index in [1.54, 1.807) is 6.07 Å². The Morgan fingerprint density at radius 2 is 1.90 bits per heavy atom. The van der Waals surface area contributed by atoms with Gasteiger partial charge in [0.25, 0.3) is 0 Å². The van der Waals surface area contributed by atoms with Crippen LogP contribution in [-0.2, 0) is 21.2 Å². The molecule has 1 aromatic carbocycles. The van der Waals surface area contributed by atoms with E-state index in [1.165, 1.54) is 6.92 Å². The third-order valence-electron chi connectivity index (χ3n) is 2.92. The van der Waals surface area contributed by atoms with Crippen molar-refractivity contribution >= 4 is 21.4 Å². The Kier molecular flexibility index (Phi) is 5.71. The van der Waals surface area contributed by atoms with Crippen LogP contribution in [0.1, 0.15) is 26.3 Å². The highest BCUT2D eigenvalue weighted by Crippen LogP contribution is 2.12. The van der Waals surface area contributed by atoms with Crippen LogP contribution in [0.4, 0.5) is 5.69 Å². The Bertz CT molecular complexity index is 568. The molecule has 0 aliphatic heterocycles. The van der Waals surface area contributed by atoms with Gasteiger partial charge in [-0.3, -0.25) is 4.79 Å². The summed E-state index contributed by atoms with van der Waals surface area (Å²) in [4.78, 5) is 11.8. The minimum atomic E-state index is -3.38. The summed E-state index contributed by atoms with van der Waals surface area (Å²) >= 11 is 0. The van der Waals surface area contributed by atoms with Gasteiger partial charge >= 0.3 is 0 Å². The van der Waals surface area contributed by atoms with E-state index in [9.17, 15) is 13.2 Å². The predicted molar refractivity (Wildman–Crippen MR) is 81.4 cm³/mol. The van der Waals surface area contributed by atoms with Gasteiger partial charge in [-0.05, 0) is 24.6 Å². The standard InChI is InChI=1S/C14H22N2O3S/c1-10(2)15-9-12-6-5-7-13(8-12)16-14(17)11(3)20(4,18)19/h5-8,10-11,15H,9H2,1-4H3,(H,16,17). The molecule has 0 radical (unpaired) electrons. The molecule has 1 amide bonds. The van der Waals surface area contributed by atoms with Crippen LogP contribution in [0.15, 0.2) is 24.3 Å². The van der Waals surface area contributed by atoms with E-state index in [2.05, 4.69) is 24.5 Å². The zero-order valence-corrected chi connectivity index (χ0v) is 13.1. The summed E-state index contributed by atoms with van der Waals surface area (Å²) in [5.74, 6) is -0.513. The Morgan fingerprint density at radius 3 is 2.45 bits per heavy atom. The molecule has 1 atom stereocenters. The van der Waals surface area contributed by atoms with Crippen molar-refractivity contribution in [3.8, 4) is 0 Å². The third kappa shape index (κ3) is 5.30. The summed E-state index contributed by atoms with van der Waals surface area (Å²) in [6, 6.07) is 7.73. The maximum absolute atomic E-state index is 11.8. The van der Waals surface area contributed by atoms with Gasteiger partial charge < -0.3 is 10.6 Å². The maximum Gasteiger partial charge on any atom is 0.242 e. The fourth-order valence-electron chi connectivity index (χ4n) is 1.52. The normalized spacial score (nSPS) is 13.2. The van der Waals surface area contributed by atoms with Crippen molar-refractivity contribution in [3.63, 3.8) is 0 Å². The van der Waals surface area contributed by atoms with Crippen LogP contribution in [0.25, 0.3) is 0 Å². The van der Waals surface area contributed by atoms with Gasteiger partial charge in [0.1, 0.15) is 5.25 Å². The zero-order chi connectivity index (χ0) is 15.3. The monoisotopic (exact) mass is 298 g/mol. The maximum atomic E-state index is 11.8. The van der Waals surface area contributed by atoms with Crippen molar-refractivity contribution < 1.29 is 13.2 Å². The van der Waals surface area contributed by atoms with Gasteiger partial charge in [-0.2, -0.15) is 0 Å². The molecule has 20 heavy (non-hydrogen) atoms. The molecule has 0 aliphatic carbocycles. The van der Waals surface area contributed by atoms with E-state index in [0.29, 0.717) is 18.3 Å². The summed E-state index contributed by atoms with van der Waals surface area (Å²) in [7, 11) is -3.38. The van der Waals surface area contributed by atoms with E-state index >= 15 is 0 Å². The second-order valence-electron chi connectivity index (χ2n) is 5.20. The topological polar surface area (TPSA) is 75.3 Å². The largest absolute Gasteiger partial charge is 0.325 e. The quantitative estimate of drug-likeness (QED) is 0.835. The number of rotatable bonds is 6. The second-order valence-corrected chi connectivity index (χ2v) is 7.56. The Morgan fingerprint density at radius 1 is 1.25 bits per heavy atom. The van der Waals surface area contributed by atoms with Gasteiger partial charge in [0, 0.05) is 24.5 Å². The van der Waals surface area contributed by atoms with Crippen molar-refractivity contribution in [2.75, 3.05) is 11.6 Å². The van der Waals surface area contributed by atoms with E-state index < -0.39 is 21.0 Å². The lowest BCUT2D eigenvalue weighted by atomic mass is 10.2. The minimum absolute atomic E-state index is 0.374. The molecule has 0 heterocycles. The lowest BCUT2D eigenvalue weighted by molar-refractivity contribution is -0.115. The van der Waals surface area contributed by atoms with Crippen molar-refractivity contribution in [2.45, 2.75) is 38.6 Å². The SMILES string of the molecule is CC(C)NCc1cccc(NC(=O)C(C)S(C)(=O)=O)c1. The molecule has 0 fully saturated rings. The highest BCUT2D eigenvalue weighted by Gasteiger charge is 2.23. The molecule has 1 unspecified atom stereocenters. The van der Waals surface area contributed by atoms with Crippen LogP contribution in [0, 0.1) is 0 Å². The van der Waals surface area contributed by atoms with Gasteiger partial charge in [0.2, 0.25) is 5.91 Å². The molecular formula is C14H22N2O3S. The number of nitrogens with one attached hydrogen (secondary N) is 2. The van der Waals surface area contributed by atoms with Gasteiger partial charge in [-0.15, -0.1) is 0 Å².